The number of aliphatic imine (C=N–C) groups is 1. The zero-order valence-corrected chi connectivity index (χ0v) is 14.3. The molecule has 0 bridgehead atoms. The lowest BCUT2D eigenvalue weighted by Crippen LogP contribution is -2.37. The Morgan fingerprint density at radius 3 is 2.61 bits per heavy atom. The number of nitrogens with zero attached hydrogens (tertiary/aromatic N) is 3. The summed E-state index contributed by atoms with van der Waals surface area (Å²) in [6.07, 6.45) is 4.11. The minimum absolute atomic E-state index is 0.674. The standard InChI is InChI=1S/C18H27N5/c1-4-5-11-19-18(21-14-17-10-12-22-23(17)3)20-13-16-8-6-15(2)7-9-16/h6-10,12H,4-5,11,13-14H2,1-3H3,(H2,19,20,21). The van der Waals surface area contributed by atoms with Crippen molar-refractivity contribution >= 4 is 5.96 Å². The van der Waals surface area contributed by atoms with Crippen molar-refractivity contribution in [1.29, 1.82) is 0 Å². The van der Waals surface area contributed by atoms with E-state index in [1.54, 1.807) is 0 Å². The van der Waals surface area contributed by atoms with Crippen LogP contribution < -0.4 is 10.6 Å². The van der Waals surface area contributed by atoms with Crippen LogP contribution in [0.4, 0.5) is 0 Å². The molecule has 5 nitrogen and oxygen atoms in total. The van der Waals surface area contributed by atoms with Gasteiger partial charge in [-0.15, -0.1) is 0 Å². The number of hydrogen-bond acceptors (Lipinski definition) is 2. The van der Waals surface area contributed by atoms with Gasteiger partial charge in [-0.05, 0) is 25.0 Å². The number of benzene rings is 1. The largest absolute Gasteiger partial charge is 0.356 e. The lowest BCUT2D eigenvalue weighted by atomic mass is 10.1. The number of rotatable bonds is 7. The Balaban J connectivity index is 1.95. The van der Waals surface area contributed by atoms with Crippen molar-refractivity contribution in [3.05, 3.63) is 53.3 Å². The Kier molecular flexibility index (Phi) is 6.66. The van der Waals surface area contributed by atoms with Crippen LogP contribution in [0.3, 0.4) is 0 Å². The van der Waals surface area contributed by atoms with Crippen molar-refractivity contribution in [2.24, 2.45) is 12.0 Å². The third-order valence-electron chi connectivity index (χ3n) is 3.72. The molecule has 2 rings (SSSR count). The van der Waals surface area contributed by atoms with Crippen LogP contribution in [0, 0.1) is 6.92 Å². The molecule has 0 radical (unpaired) electrons. The van der Waals surface area contributed by atoms with Crippen molar-refractivity contribution in [3.8, 4) is 0 Å². The molecule has 2 aromatic rings. The first-order valence-electron chi connectivity index (χ1n) is 8.23. The lowest BCUT2D eigenvalue weighted by molar-refractivity contribution is 0.676. The Morgan fingerprint density at radius 1 is 1.17 bits per heavy atom. The predicted molar refractivity (Wildman–Crippen MR) is 95.3 cm³/mol. The van der Waals surface area contributed by atoms with Gasteiger partial charge in [-0.2, -0.15) is 5.10 Å². The SMILES string of the molecule is CCCCNC(=NCc1ccc(C)cc1)NCc1ccnn1C. The normalized spacial score (nSPS) is 11.5. The van der Waals surface area contributed by atoms with E-state index in [2.05, 4.69) is 58.8 Å². The average molecular weight is 313 g/mol. The van der Waals surface area contributed by atoms with E-state index in [-0.39, 0.29) is 0 Å². The summed E-state index contributed by atoms with van der Waals surface area (Å²) in [4.78, 5) is 4.69. The maximum atomic E-state index is 4.69. The van der Waals surface area contributed by atoms with Gasteiger partial charge in [0, 0.05) is 19.8 Å². The molecular weight excluding hydrogens is 286 g/mol. The summed E-state index contributed by atoms with van der Waals surface area (Å²) < 4.78 is 1.87. The highest BCUT2D eigenvalue weighted by Crippen LogP contribution is 2.04. The van der Waals surface area contributed by atoms with Gasteiger partial charge >= 0.3 is 0 Å². The Bertz CT molecular complexity index is 613. The van der Waals surface area contributed by atoms with Crippen LogP contribution in [-0.2, 0) is 20.1 Å². The maximum absolute atomic E-state index is 4.69. The zero-order chi connectivity index (χ0) is 16.5. The van der Waals surface area contributed by atoms with Gasteiger partial charge in [0.1, 0.15) is 0 Å². The summed E-state index contributed by atoms with van der Waals surface area (Å²) in [5.41, 5.74) is 3.62. The van der Waals surface area contributed by atoms with Crippen LogP contribution in [0.15, 0.2) is 41.5 Å². The van der Waals surface area contributed by atoms with E-state index in [1.165, 1.54) is 17.5 Å². The summed E-state index contributed by atoms with van der Waals surface area (Å²) in [6, 6.07) is 10.5. The number of aryl methyl sites for hydroxylation is 2. The Labute approximate surface area is 138 Å². The third kappa shape index (κ3) is 5.77. The van der Waals surface area contributed by atoms with Gasteiger partial charge in [-0.3, -0.25) is 4.68 Å². The monoisotopic (exact) mass is 313 g/mol. The molecule has 0 aliphatic heterocycles. The summed E-state index contributed by atoms with van der Waals surface area (Å²) in [5.74, 6) is 0.847. The van der Waals surface area contributed by atoms with E-state index in [0.717, 1.165) is 24.6 Å². The maximum Gasteiger partial charge on any atom is 0.191 e. The molecule has 0 atom stereocenters. The second kappa shape index (κ2) is 8.98. The fourth-order valence-corrected chi connectivity index (χ4v) is 2.17. The quantitative estimate of drug-likeness (QED) is 0.469. The summed E-state index contributed by atoms with van der Waals surface area (Å²) >= 11 is 0. The minimum Gasteiger partial charge on any atom is -0.356 e. The minimum atomic E-state index is 0.674. The van der Waals surface area contributed by atoms with E-state index in [4.69, 9.17) is 0 Å². The van der Waals surface area contributed by atoms with Crippen molar-refractivity contribution in [2.45, 2.75) is 39.8 Å². The van der Waals surface area contributed by atoms with Gasteiger partial charge in [0.25, 0.3) is 0 Å². The molecule has 1 aromatic heterocycles. The van der Waals surface area contributed by atoms with Crippen LogP contribution >= 0.6 is 0 Å². The molecule has 0 unspecified atom stereocenters. The van der Waals surface area contributed by atoms with Gasteiger partial charge in [0.15, 0.2) is 5.96 Å². The molecule has 0 spiro atoms. The zero-order valence-electron chi connectivity index (χ0n) is 14.3. The number of hydrogen-bond donors (Lipinski definition) is 2. The van der Waals surface area contributed by atoms with Crippen LogP contribution in [0.5, 0.6) is 0 Å². The fraction of sp³-hybridized carbons (Fsp3) is 0.444. The number of guanidine groups is 1. The first-order valence-corrected chi connectivity index (χ1v) is 8.23. The third-order valence-corrected chi connectivity index (χ3v) is 3.72. The van der Waals surface area contributed by atoms with Crippen molar-refractivity contribution in [2.75, 3.05) is 6.54 Å². The van der Waals surface area contributed by atoms with Crippen LogP contribution in [0.1, 0.15) is 36.6 Å². The molecule has 1 heterocycles. The van der Waals surface area contributed by atoms with Crippen molar-refractivity contribution in [1.82, 2.24) is 20.4 Å². The molecule has 5 heteroatoms. The summed E-state index contributed by atoms with van der Waals surface area (Å²) in [6.45, 7) is 6.60. The molecule has 0 saturated carbocycles. The highest BCUT2D eigenvalue weighted by molar-refractivity contribution is 5.79. The van der Waals surface area contributed by atoms with Gasteiger partial charge in [-0.1, -0.05) is 43.2 Å². The smallest absolute Gasteiger partial charge is 0.191 e. The van der Waals surface area contributed by atoms with Crippen LogP contribution in [0.25, 0.3) is 0 Å². The first-order chi connectivity index (χ1) is 11.2. The molecule has 0 aliphatic carbocycles. The average Bonchev–Trinajstić information content (AvgIpc) is 2.96. The lowest BCUT2D eigenvalue weighted by Gasteiger charge is -2.12. The fourth-order valence-electron chi connectivity index (χ4n) is 2.17. The molecule has 0 fully saturated rings. The second-order valence-electron chi connectivity index (χ2n) is 5.73. The van der Waals surface area contributed by atoms with E-state index in [1.807, 2.05) is 24.0 Å². The Hall–Kier alpha value is -2.30. The first kappa shape index (κ1) is 17.1. The topological polar surface area (TPSA) is 54.2 Å². The van der Waals surface area contributed by atoms with E-state index in [9.17, 15) is 0 Å². The van der Waals surface area contributed by atoms with E-state index in [0.29, 0.717) is 13.1 Å². The molecule has 0 amide bonds. The Morgan fingerprint density at radius 2 is 1.96 bits per heavy atom. The highest BCUT2D eigenvalue weighted by atomic mass is 15.3. The van der Waals surface area contributed by atoms with Crippen molar-refractivity contribution in [3.63, 3.8) is 0 Å². The highest BCUT2D eigenvalue weighted by Gasteiger charge is 2.02. The molecule has 0 aliphatic rings. The van der Waals surface area contributed by atoms with Gasteiger partial charge in [-0.25, -0.2) is 4.99 Å². The molecule has 2 N–H and O–H groups in total. The van der Waals surface area contributed by atoms with E-state index >= 15 is 0 Å². The molecule has 1 aromatic carbocycles. The number of nitrogens with one attached hydrogen (secondary N) is 2. The summed E-state index contributed by atoms with van der Waals surface area (Å²) in [7, 11) is 1.95. The van der Waals surface area contributed by atoms with E-state index < -0.39 is 0 Å². The number of unbranched alkanes of at least 4 members (excludes halogenated alkanes) is 1. The van der Waals surface area contributed by atoms with Crippen molar-refractivity contribution < 1.29 is 0 Å². The van der Waals surface area contributed by atoms with Crippen LogP contribution in [-0.4, -0.2) is 22.3 Å². The number of aromatic nitrogens is 2. The molecule has 124 valence electrons. The molecular formula is C18H27N5. The van der Waals surface area contributed by atoms with Gasteiger partial charge in [0.05, 0.1) is 18.8 Å². The van der Waals surface area contributed by atoms with Gasteiger partial charge in [0.2, 0.25) is 0 Å². The van der Waals surface area contributed by atoms with Crippen LogP contribution in [0.2, 0.25) is 0 Å². The summed E-state index contributed by atoms with van der Waals surface area (Å²) in [5, 5.41) is 11.0. The molecule has 0 saturated heterocycles. The predicted octanol–water partition coefficient (Wildman–Crippen LogP) is 2.76. The second-order valence-corrected chi connectivity index (χ2v) is 5.73. The van der Waals surface area contributed by atoms with Gasteiger partial charge < -0.3 is 10.6 Å². The molecule has 23 heavy (non-hydrogen) atoms.